The lowest BCUT2D eigenvalue weighted by molar-refractivity contribution is -0.148. The minimum atomic E-state index is -2.14. The van der Waals surface area contributed by atoms with Gasteiger partial charge in [-0.05, 0) is 20.8 Å². The zero-order chi connectivity index (χ0) is 15.2. The number of hydrogen-bond donors (Lipinski definition) is 2. The van der Waals surface area contributed by atoms with Gasteiger partial charge in [-0.15, -0.1) is 0 Å². The lowest BCUT2D eigenvalue weighted by Gasteiger charge is -2.22. The van der Waals surface area contributed by atoms with E-state index in [-0.39, 0.29) is 0 Å². The van der Waals surface area contributed by atoms with Gasteiger partial charge in [-0.3, -0.25) is 0 Å². The molecule has 0 heterocycles. The Kier molecular flexibility index (Phi) is 6.23. The summed E-state index contributed by atoms with van der Waals surface area (Å²) in [5, 5.41) is 10.8. The van der Waals surface area contributed by atoms with Crippen molar-refractivity contribution in [1.29, 1.82) is 0 Å². The summed E-state index contributed by atoms with van der Waals surface area (Å²) in [5.74, 6) is -2.67. The number of methoxy groups -OCH3 is 1. The molecule has 0 aliphatic rings. The first-order valence-corrected chi connectivity index (χ1v) is 5.51. The fraction of sp³-hybridized carbons (Fsp3) is 0.727. The quantitative estimate of drug-likeness (QED) is 0.724. The molecule has 0 aromatic rings. The van der Waals surface area contributed by atoms with E-state index in [2.05, 4.69) is 4.74 Å². The highest BCUT2D eigenvalue weighted by molar-refractivity contribution is 5.81. The average Bonchev–Trinajstić information content (AvgIpc) is 2.24. The Morgan fingerprint density at radius 3 is 2.21 bits per heavy atom. The van der Waals surface area contributed by atoms with Gasteiger partial charge >= 0.3 is 18.0 Å². The summed E-state index contributed by atoms with van der Waals surface area (Å²) in [6.45, 7) is 4.78. The normalized spacial score (nSPS) is 14.2. The van der Waals surface area contributed by atoms with Gasteiger partial charge in [0.25, 0.3) is 0 Å². The fourth-order valence-corrected chi connectivity index (χ4v) is 1.10. The van der Waals surface area contributed by atoms with Crippen LogP contribution in [-0.4, -0.2) is 48.1 Å². The third kappa shape index (κ3) is 7.22. The summed E-state index contributed by atoms with van der Waals surface area (Å²) in [5.41, 5.74) is -0.815. The summed E-state index contributed by atoms with van der Waals surface area (Å²) >= 11 is 0. The van der Waals surface area contributed by atoms with Gasteiger partial charge in [-0.2, -0.15) is 0 Å². The summed E-state index contributed by atoms with van der Waals surface area (Å²) in [7, 11) is 0.978. The Hall–Kier alpha value is -1.86. The van der Waals surface area contributed by atoms with E-state index in [1.807, 2.05) is 5.32 Å². The van der Waals surface area contributed by atoms with Gasteiger partial charge in [0, 0.05) is 6.42 Å². The molecule has 0 bridgehead atoms. The molecular formula is C11H18FNO6. The first-order valence-electron chi connectivity index (χ1n) is 5.51. The van der Waals surface area contributed by atoms with Crippen LogP contribution in [-0.2, 0) is 19.1 Å². The van der Waals surface area contributed by atoms with E-state index in [0.717, 1.165) is 7.11 Å². The van der Waals surface area contributed by atoms with Crippen LogP contribution in [0.5, 0.6) is 0 Å². The minimum Gasteiger partial charge on any atom is -0.480 e. The molecule has 0 aliphatic heterocycles. The van der Waals surface area contributed by atoms with Crippen molar-refractivity contribution in [2.75, 3.05) is 7.11 Å². The molecule has 110 valence electrons. The summed E-state index contributed by atoms with van der Waals surface area (Å²) in [6.07, 6.45) is -3.88. The Balaban J connectivity index is 4.55. The molecule has 2 N–H and O–H groups in total. The van der Waals surface area contributed by atoms with Gasteiger partial charge in [0.2, 0.25) is 0 Å². The molecule has 0 aromatic heterocycles. The van der Waals surface area contributed by atoms with E-state index >= 15 is 0 Å². The monoisotopic (exact) mass is 279 g/mol. The van der Waals surface area contributed by atoms with Crippen molar-refractivity contribution >= 4 is 18.0 Å². The molecule has 0 saturated carbocycles. The van der Waals surface area contributed by atoms with Crippen molar-refractivity contribution in [3.05, 3.63) is 0 Å². The lowest BCUT2D eigenvalue weighted by Crippen LogP contribution is -2.45. The minimum absolute atomic E-state index is 0.735. The Morgan fingerprint density at radius 1 is 1.32 bits per heavy atom. The summed E-state index contributed by atoms with van der Waals surface area (Å²) in [6, 6.07) is -1.58. The zero-order valence-electron chi connectivity index (χ0n) is 11.2. The number of esters is 1. The van der Waals surface area contributed by atoms with Gasteiger partial charge in [0.05, 0.1) is 7.11 Å². The molecule has 7 nitrogen and oxygen atoms in total. The zero-order valence-corrected chi connectivity index (χ0v) is 11.2. The molecule has 2 atom stereocenters. The maximum absolute atomic E-state index is 13.3. The topological polar surface area (TPSA) is 102 Å². The number of carboxylic acids is 1. The standard InChI is InChI=1S/C11H18FNO6/c1-11(2,3)19-10(17)13-7(8(14)15)5-6(12)9(16)18-4/h6-7H,5H2,1-4H3,(H,13,17)(H,14,15). The molecule has 0 saturated heterocycles. The maximum Gasteiger partial charge on any atom is 0.408 e. The Morgan fingerprint density at radius 2 is 1.84 bits per heavy atom. The van der Waals surface area contributed by atoms with Crippen LogP contribution in [0.2, 0.25) is 0 Å². The molecule has 2 unspecified atom stereocenters. The predicted molar refractivity (Wildman–Crippen MR) is 62.3 cm³/mol. The number of amides is 1. The molecule has 0 aliphatic carbocycles. The molecule has 8 heteroatoms. The number of halogens is 1. The lowest BCUT2D eigenvalue weighted by atomic mass is 10.1. The second-order valence-corrected chi connectivity index (χ2v) is 4.76. The maximum atomic E-state index is 13.3. The molecule has 19 heavy (non-hydrogen) atoms. The SMILES string of the molecule is COC(=O)C(F)CC(NC(=O)OC(C)(C)C)C(=O)O. The molecule has 0 spiro atoms. The number of rotatable bonds is 5. The molecule has 1 amide bonds. The highest BCUT2D eigenvalue weighted by Crippen LogP contribution is 2.09. The predicted octanol–water partition coefficient (Wildman–Crippen LogP) is 0.865. The van der Waals surface area contributed by atoms with Gasteiger partial charge in [0.15, 0.2) is 6.17 Å². The van der Waals surface area contributed by atoms with Gasteiger partial charge in [-0.1, -0.05) is 0 Å². The van der Waals surface area contributed by atoms with Crippen LogP contribution in [0.25, 0.3) is 0 Å². The van der Waals surface area contributed by atoms with E-state index < -0.39 is 42.3 Å². The van der Waals surface area contributed by atoms with Crippen LogP contribution in [0.3, 0.4) is 0 Å². The summed E-state index contributed by atoms with van der Waals surface area (Å²) in [4.78, 5) is 33.1. The van der Waals surface area contributed by atoms with Crippen LogP contribution in [0.15, 0.2) is 0 Å². The molecule has 0 rings (SSSR count). The van der Waals surface area contributed by atoms with Crippen LogP contribution >= 0.6 is 0 Å². The number of ether oxygens (including phenoxy) is 2. The van der Waals surface area contributed by atoms with E-state index in [1.165, 1.54) is 0 Å². The number of alkyl halides is 1. The first kappa shape index (κ1) is 17.1. The van der Waals surface area contributed by atoms with Crippen molar-refractivity contribution < 1.29 is 33.4 Å². The highest BCUT2D eigenvalue weighted by atomic mass is 19.1. The number of nitrogens with one attached hydrogen (secondary N) is 1. The van der Waals surface area contributed by atoms with Crippen LogP contribution in [0.4, 0.5) is 9.18 Å². The van der Waals surface area contributed by atoms with Gasteiger partial charge in [0.1, 0.15) is 11.6 Å². The van der Waals surface area contributed by atoms with E-state index in [1.54, 1.807) is 20.8 Å². The van der Waals surface area contributed by atoms with Crippen molar-refractivity contribution in [2.24, 2.45) is 0 Å². The first-order chi connectivity index (χ1) is 8.56. The number of hydrogen-bond acceptors (Lipinski definition) is 5. The van der Waals surface area contributed by atoms with Gasteiger partial charge < -0.3 is 19.9 Å². The second kappa shape index (κ2) is 6.91. The third-order valence-corrected chi connectivity index (χ3v) is 1.89. The third-order valence-electron chi connectivity index (χ3n) is 1.89. The average molecular weight is 279 g/mol. The number of carbonyl (C=O) groups excluding carboxylic acids is 2. The number of aliphatic carboxylic acids is 1. The van der Waals surface area contributed by atoms with Crippen LogP contribution in [0, 0.1) is 0 Å². The smallest absolute Gasteiger partial charge is 0.408 e. The van der Waals surface area contributed by atoms with E-state index in [0.29, 0.717) is 0 Å². The number of alkyl carbamates (subject to hydrolysis) is 1. The van der Waals surface area contributed by atoms with E-state index in [9.17, 15) is 18.8 Å². The largest absolute Gasteiger partial charge is 0.480 e. The van der Waals surface area contributed by atoms with Crippen molar-refractivity contribution in [3.63, 3.8) is 0 Å². The van der Waals surface area contributed by atoms with Crippen LogP contribution in [0.1, 0.15) is 27.2 Å². The van der Waals surface area contributed by atoms with Gasteiger partial charge in [-0.25, -0.2) is 18.8 Å². The van der Waals surface area contributed by atoms with E-state index in [4.69, 9.17) is 9.84 Å². The molecule has 0 radical (unpaired) electrons. The fourth-order valence-electron chi connectivity index (χ4n) is 1.10. The van der Waals surface area contributed by atoms with Crippen LogP contribution < -0.4 is 5.32 Å². The molecule has 0 aromatic carbocycles. The Bertz CT molecular complexity index is 352. The Labute approximate surface area is 110 Å². The number of carbonyl (C=O) groups is 3. The van der Waals surface area contributed by atoms with Crippen molar-refractivity contribution in [1.82, 2.24) is 5.32 Å². The number of carboxylic acid groups (broad SMARTS) is 1. The molecule has 0 fully saturated rings. The molecular weight excluding hydrogens is 261 g/mol. The van der Waals surface area contributed by atoms with Crippen molar-refractivity contribution in [2.45, 2.75) is 45.0 Å². The second-order valence-electron chi connectivity index (χ2n) is 4.76. The summed E-state index contributed by atoms with van der Waals surface area (Å²) < 4.78 is 22.2. The van der Waals surface area contributed by atoms with Crippen molar-refractivity contribution in [3.8, 4) is 0 Å². The highest BCUT2D eigenvalue weighted by Gasteiger charge is 2.30.